The lowest BCUT2D eigenvalue weighted by Crippen LogP contribution is -2.08. The van der Waals surface area contributed by atoms with E-state index in [0.29, 0.717) is 20.2 Å². The Bertz CT molecular complexity index is 1110. The number of benzene rings is 2. The average molecular weight is 577 g/mol. The molecule has 1 aromatic heterocycles. The van der Waals surface area contributed by atoms with Crippen LogP contribution in [0.4, 0.5) is 11.4 Å². The number of nitro benzene ring substituents is 1. The van der Waals surface area contributed by atoms with Gasteiger partial charge in [0, 0.05) is 22.0 Å². The second-order valence-corrected chi connectivity index (χ2v) is 8.01. The third kappa shape index (κ3) is 4.39. The summed E-state index contributed by atoms with van der Waals surface area (Å²) in [4.78, 5) is 25.0. The number of aromatic amines is 1. The number of nitro groups is 1. The molecule has 0 radical (unpaired) electrons. The minimum Gasteiger partial charge on any atom is -0.493 e. The van der Waals surface area contributed by atoms with Gasteiger partial charge in [0.2, 0.25) is 5.88 Å². The first-order chi connectivity index (χ1) is 13.3. The summed E-state index contributed by atoms with van der Waals surface area (Å²) >= 11 is 9.99. The molecule has 12 heteroatoms. The molecule has 1 heterocycles. The molecule has 0 fully saturated rings. The maximum Gasteiger partial charge on any atom is 0.302 e. The van der Waals surface area contributed by atoms with E-state index in [0.717, 1.165) is 4.47 Å². The van der Waals surface area contributed by atoms with Gasteiger partial charge in [-0.1, -0.05) is 15.9 Å². The number of aromatic nitrogens is 1. The van der Waals surface area contributed by atoms with Gasteiger partial charge in [-0.25, -0.2) is 0 Å². The summed E-state index contributed by atoms with van der Waals surface area (Å²) in [7, 11) is 0. The fourth-order valence-electron chi connectivity index (χ4n) is 2.30. The maximum absolute atomic E-state index is 12.0. The zero-order chi connectivity index (χ0) is 20.4. The summed E-state index contributed by atoms with van der Waals surface area (Å²) in [5.74, 6) is -0.649. The molecule has 0 unspecified atom stereocenters. The molecule has 0 saturated heterocycles. The van der Waals surface area contributed by atoms with Crippen molar-refractivity contribution >= 4 is 76.0 Å². The standard InChI is InChI=1S/C16H9Br3N4O5/c17-7-3-10(18)15(11(19)4-7)28-6-13(24)21-22-14-9-5-8(23(26)27)1-2-12(9)20-16(14)25/h1-5,20,25H,6H2. The lowest BCUT2D eigenvalue weighted by atomic mass is 10.2. The molecular weight excluding hydrogens is 568 g/mol. The highest BCUT2D eigenvalue weighted by atomic mass is 79.9. The van der Waals surface area contributed by atoms with Crippen molar-refractivity contribution in [3.63, 3.8) is 0 Å². The molecule has 0 saturated carbocycles. The van der Waals surface area contributed by atoms with Crippen LogP contribution in [0.3, 0.4) is 0 Å². The molecular formula is C16H9Br3N4O5. The Balaban J connectivity index is 1.78. The first kappa shape index (κ1) is 20.4. The van der Waals surface area contributed by atoms with Gasteiger partial charge in [-0.3, -0.25) is 14.9 Å². The van der Waals surface area contributed by atoms with Crippen LogP contribution >= 0.6 is 47.8 Å². The molecule has 2 aromatic carbocycles. The largest absolute Gasteiger partial charge is 0.493 e. The van der Waals surface area contributed by atoms with Crippen LogP contribution < -0.4 is 4.74 Å². The smallest absolute Gasteiger partial charge is 0.302 e. The molecule has 0 atom stereocenters. The van der Waals surface area contributed by atoms with Gasteiger partial charge in [-0.15, -0.1) is 10.2 Å². The Morgan fingerprint density at radius 1 is 1.21 bits per heavy atom. The van der Waals surface area contributed by atoms with Crippen molar-refractivity contribution in [2.45, 2.75) is 0 Å². The summed E-state index contributed by atoms with van der Waals surface area (Å²) in [6, 6.07) is 7.45. The number of fused-ring (bicyclic) bond motifs is 1. The Morgan fingerprint density at radius 2 is 1.89 bits per heavy atom. The first-order valence-corrected chi connectivity index (χ1v) is 9.85. The van der Waals surface area contributed by atoms with Gasteiger partial charge >= 0.3 is 5.91 Å². The fraction of sp³-hybridized carbons (Fsp3) is 0.0625. The molecule has 0 aliphatic carbocycles. The van der Waals surface area contributed by atoms with E-state index in [-0.39, 0.29) is 22.6 Å². The highest BCUT2D eigenvalue weighted by molar-refractivity contribution is 9.11. The van der Waals surface area contributed by atoms with Crippen molar-refractivity contribution in [3.8, 4) is 11.6 Å². The number of ether oxygens (including phenoxy) is 1. The summed E-state index contributed by atoms with van der Waals surface area (Å²) < 4.78 is 7.51. The van der Waals surface area contributed by atoms with Crippen LogP contribution in [-0.4, -0.2) is 27.5 Å². The number of hydrogen-bond donors (Lipinski definition) is 2. The van der Waals surface area contributed by atoms with Gasteiger partial charge in [0.25, 0.3) is 5.69 Å². The number of H-pyrrole nitrogens is 1. The molecule has 0 aliphatic heterocycles. The Morgan fingerprint density at radius 3 is 2.54 bits per heavy atom. The lowest BCUT2D eigenvalue weighted by molar-refractivity contribution is -0.384. The number of nitrogens with zero attached hydrogens (tertiary/aromatic N) is 3. The van der Waals surface area contributed by atoms with Crippen LogP contribution in [0.1, 0.15) is 0 Å². The van der Waals surface area contributed by atoms with Gasteiger partial charge in [-0.05, 0) is 50.1 Å². The van der Waals surface area contributed by atoms with Gasteiger partial charge in [0.05, 0.1) is 19.4 Å². The quantitative estimate of drug-likeness (QED) is 0.227. The van der Waals surface area contributed by atoms with Crippen LogP contribution in [0, 0.1) is 10.1 Å². The summed E-state index contributed by atoms with van der Waals surface area (Å²) in [6.07, 6.45) is 0. The molecule has 9 nitrogen and oxygen atoms in total. The molecule has 3 rings (SSSR count). The second-order valence-electron chi connectivity index (χ2n) is 5.39. The monoisotopic (exact) mass is 574 g/mol. The Hall–Kier alpha value is -2.31. The molecule has 1 amide bonds. The second kappa shape index (κ2) is 8.37. The number of halogens is 3. The summed E-state index contributed by atoms with van der Waals surface area (Å²) in [6.45, 7) is -0.397. The number of carbonyl (C=O) groups is 1. The molecule has 144 valence electrons. The number of azo groups is 1. The average Bonchev–Trinajstić information content (AvgIpc) is 2.93. The van der Waals surface area contributed by atoms with Gasteiger partial charge in [-0.2, -0.15) is 0 Å². The van der Waals surface area contributed by atoms with E-state index in [1.807, 2.05) is 0 Å². The molecule has 0 spiro atoms. The maximum atomic E-state index is 12.0. The van der Waals surface area contributed by atoms with E-state index >= 15 is 0 Å². The Kier molecular flexibility index (Phi) is 6.10. The number of non-ortho nitro benzene ring substituents is 1. The minimum atomic E-state index is -0.708. The van der Waals surface area contributed by atoms with Crippen LogP contribution in [-0.2, 0) is 4.79 Å². The van der Waals surface area contributed by atoms with E-state index in [2.05, 4.69) is 63.0 Å². The van der Waals surface area contributed by atoms with Crippen molar-refractivity contribution in [2.75, 3.05) is 6.61 Å². The molecule has 0 aliphatic rings. The predicted octanol–water partition coefficient (Wildman–Crippen LogP) is 5.76. The van der Waals surface area contributed by atoms with Crippen molar-refractivity contribution in [1.82, 2.24) is 4.98 Å². The van der Waals surface area contributed by atoms with E-state index in [1.54, 1.807) is 12.1 Å². The number of amides is 1. The van der Waals surface area contributed by atoms with Crippen LogP contribution in [0.25, 0.3) is 10.9 Å². The predicted molar refractivity (Wildman–Crippen MR) is 111 cm³/mol. The van der Waals surface area contributed by atoms with Crippen LogP contribution in [0.2, 0.25) is 0 Å². The third-order valence-corrected chi connectivity index (χ3v) is 5.15. The number of aromatic hydroxyl groups is 1. The van der Waals surface area contributed by atoms with Crippen molar-refractivity contribution < 1.29 is 19.6 Å². The third-order valence-electron chi connectivity index (χ3n) is 3.51. The van der Waals surface area contributed by atoms with E-state index in [1.165, 1.54) is 18.2 Å². The van der Waals surface area contributed by atoms with E-state index < -0.39 is 17.4 Å². The van der Waals surface area contributed by atoms with Crippen LogP contribution in [0.5, 0.6) is 11.6 Å². The zero-order valence-corrected chi connectivity index (χ0v) is 18.4. The highest BCUT2D eigenvalue weighted by Gasteiger charge is 2.16. The minimum absolute atomic E-state index is 0.0712. The van der Waals surface area contributed by atoms with Gasteiger partial charge < -0.3 is 14.8 Å². The topological polar surface area (TPSA) is 130 Å². The van der Waals surface area contributed by atoms with Gasteiger partial charge in [0.15, 0.2) is 12.3 Å². The SMILES string of the molecule is O=C(COc1c(Br)cc(Br)cc1Br)N=Nc1c(O)[nH]c2ccc([N+](=O)[O-])cc12. The molecule has 0 bridgehead atoms. The van der Waals surface area contributed by atoms with Gasteiger partial charge in [0.1, 0.15) is 5.75 Å². The zero-order valence-electron chi connectivity index (χ0n) is 13.6. The molecule has 3 aromatic rings. The van der Waals surface area contributed by atoms with E-state index in [4.69, 9.17) is 4.74 Å². The first-order valence-electron chi connectivity index (χ1n) is 7.47. The number of hydrogen-bond acceptors (Lipinski definition) is 6. The summed E-state index contributed by atoms with van der Waals surface area (Å²) in [5.41, 5.74) is 0.170. The highest BCUT2D eigenvalue weighted by Crippen LogP contribution is 2.38. The summed E-state index contributed by atoms with van der Waals surface area (Å²) in [5, 5.41) is 28.4. The van der Waals surface area contributed by atoms with Crippen molar-refractivity contribution in [1.29, 1.82) is 0 Å². The lowest BCUT2D eigenvalue weighted by Gasteiger charge is -2.08. The van der Waals surface area contributed by atoms with E-state index in [9.17, 15) is 20.0 Å². The van der Waals surface area contributed by atoms with Crippen LogP contribution in [0.15, 0.2) is 54.0 Å². The normalized spacial score (nSPS) is 11.2. The van der Waals surface area contributed by atoms with Crippen molar-refractivity contribution in [2.24, 2.45) is 10.2 Å². The number of rotatable bonds is 5. The van der Waals surface area contributed by atoms with Crippen molar-refractivity contribution in [3.05, 3.63) is 53.9 Å². The fourth-order valence-corrected chi connectivity index (χ4v) is 4.79. The molecule has 2 N–H and O–H groups in total. The number of carbonyl (C=O) groups excluding carboxylic acids is 1. The Labute approximate surface area is 182 Å². The molecule has 28 heavy (non-hydrogen) atoms. The number of nitrogens with one attached hydrogen (secondary N) is 1.